The van der Waals surface area contributed by atoms with Crippen LogP contribution in [0.3, 0.4) is 0 Å². The molecule has 1 fully saturated rings. The Hall–Kier alpha value is -2.55. The number of nitrogens with one attached hydrogen (secondary N) is 1. The molecular formula is C18H18B2ClN4O8S2. The number of oxime groups is 1. The number of fused-ring (bicyclic) bond motifs is 1. The molecule has 2 amide bonds. The highest BCUT2D eigenvalue weighted by Gasteiger charge is 2.57. The van der Waals surface area contributed by atoms with E-state index in [1.165, 1.54) is 16.7 Å². The van der Waals surface area contributed by atoms with E-state index in [9.17, 15) is 23.4 Å². The Morgan fingerprint density at radius 1 is 1.51 bits per heavy atom. The van der Waals surface area contributed by atoms with E-state index in [-0.39, 0.29) is 40.7 Å². The SMILES string of the molecule is [B]OC(=O)C1=C(CCl)CS(=O)[C@@H]2[C@H](NC(=O)/C(=N\O[C@@H](CC)C(=O)[B]O)c3csc(C)n3)C(=O)N12. The molecular weight excluding hydrogens is 521 g/mol. The monoisotopic (exact) mass is 539 g/mol. The molecule has 1 saturated heterocycles. The van der Waals surface area contributed by atoms with Gasteiger partial charge in [0.15, 0.2) is 17.5 Å². The van der Waals surface area contributed by atoms with Gasteiger partial charge in [-0.3, -0.25) is 18.7 Å². The van der Waals surface area contributed by atoms with Gasteiger partial charge in [0.05, 0.1) is 21.6 Å². The third kappa shape index (κ3) is 5.34. The fraction of sp³-hybridized carbons (Fsp3) is 0.444. The number of carbonyl (C=O) groups is 4. The highest BCUT2D eigenvalue weighted by Crippen LogP contribution is 2.35. The standard InChI is InChI=1S/C18H18B2ClN4O8S2/c1-3-10(14(26)20-30)33-24-11(9-5-34-7(2)22-9)15(27)23-12-16(28)25-13(18(29)32-19)8(4-21)6-35(31)17(12)25/h5,10,12,17,30H,3-4,6H2,1-2H3,(H,23,27)/b24-11-/t10-,12+,17+,35?/m0/s1. The molecule has 35 heavy (non-hydrogen) atoms. The number of β-lactam (4-membered cyclic amide) rings is 1. The molecule has 0 aromatic carbocycles. The van der Waals surface area contributed by atoms with E-state index in [0.717, 1.165) is 4.90 Å². The molecule has 3 rings (SSSR count). The van der Waals surface area contributed by atoms with E-state index < -0.39 is 51.8 Å². The van der Waals surface area contributed by atoms with Crippen molar-refractivity contribution in [2.24, 2.45) is 5.16 Å². The second-order valence-corrected chi connectivity index (χ2v) is 10.2. The van der Waals surface area contributed by atoms with Gasteiger partial charge in [-0.25, -0.2) is 9.78 Å². The maximum absolute atomic E-state index is 13.1. The maximum atomic E-state index is 13.1. The lowest BCUT2D eigenvalue weighted by molar-refractivity contribution is -0.149. The Morgan fingerprint density at radius 2 is 2.23 bits per heavy atom. The average molecular weight is 540 g/mol. The van der Waals surface area contributed by atoms with Crippen molar-refractivity contribution in [3.63, 3.8) is 0 Å². The number of carbonyl (C=O) groups excluding carboxylic acids is 4. The fourth-order valence-electron chi connectivity index (χ4n) is 3.41. The van der Waals surface area contributed by atoms with Crippen molar-refractivity contribution in [1.29, 1.82) is 0 Å². The Kier molecular flexibility index (Phi) is 8.85. The molecule has 1 aromatic heterocycles. The predicted molar refractivity (Wildman–Crippen MR) is 127 cm³/mol. The minimum Gasteiger partial charge on any atom is -0.539 e. The molecule has 2 N–H and O–H groups in total. The van der Waals surface area contributed by atoms with Gasteiger partial charge in [-0.15, -0.1) is 22.9 Å². The quantitative estimate of drug-likeness (QED) is 0.120. The molecule has 3 radical (unpaired) electrons. The first-order valence-electron chi connectivity index (χ1n) is 10.1. The summed E-state index contributed by atoms with van der Waals surface area (Å²) in [6.45, 7) is 3.31. The van der Waals surface area contributed by atoms with Crippen molar-refractivity contribution in [3.05, 3.63) is 27.4 Å². The van der Waals surface area contributed by atoms with Gasteiger partial charge in [0.1, 0.15) is 22.8 Å². The number of rotatable bonds is 10. The fourth-order valence-corrected chi connectivity index (χ4v) is 6.03. The van der Waals surface area contributed by atoms with Crippen LogP contribution in [0.4, 0.5) is 0 Å². The van der Waals surface area contributed by atoms with Crippen molar-refractivity contribution in [1.82, 2.24) is 15.2 Å². The zero-order chi connectivity index (χ0) is 25.9. The molecule has 0 spiro atoms. The van der Waals surface area contributed by atoms with Gasteiger partial charge in [0.25, 0.3) is 11.8 Å². The van der Waals surface area contributed by atoms with Crippen LogP contribution in [0.15, 0.2) is 21.8 Å². The number of thiazole rings is 1. The third-order valence-electron chi connectivity index (χ3n) is 5.12. The summed E-state index contributed by atoms with van der Waals surface area (Å²) in [5.74, 6) is -2.95. The molecule has 0 saturated carbocycles. The number of amides is 2. The van der Waals surface area contributed by atoms with E-state index in [0.29, 0.717) is 12.5 Å². The normalized spacial score (nSPS) is 22.6. The predicted octanol–water partition coefficient (Wildman–Crippen LogP) is -1.38. The van der Waals surface area contributed by atoms with Gasteiger partial charge in [0, 0.05) is 11.3 Å². The summed E-state index contributed by atoms with van der Waals surface area (Å²) in [7, 11) is 3.60. The molecule has 2 aliphatic heterocycles. The number of aromatic nitrogens is 1. The molecule has 1 unspecified atom stereocenters. The van der Waals surface area contributed by atoms with Crippen LogP contribution < -0.4 is 5.32 Å². The average Bonchev–Trinajstić information content (AvgIpc) is 3.28. The highest BCUT2D eigenvalue weighted by molar-refractivity contribution is 7.86. The molecule has 1 aromatic rings. The highest BCUT2D eigenvalue weighted by atomic mass is 35.5. The molecule has 4 atom stereocenters. The van der Waals surface area contributed by atoms with E-state index in [4.69, 9.17) is 29.5 Å². The van der Waals surface area contributed by atoms with Crippen LogP contribution in [0.5, 0.6) is 0 Å². The molecule has 12 nitrogen and oxygen atoms in total. The number of halogens is 1. The van der Waals surface area contributed by atoms with Crippen molar-refractivity contribution in [2.75, 3.05) is 11.6 Å². The summed E-state index contributed by atoms with van der Waals surface area (Å²) >= 11 is 7.06. The Labute approximate surface area is 213 Å². The summed E-state index contributed by atoms with van der Waals surface area (Å²) in [5.41, 5.74) is -0.969. The van der Waals surface area contributed by atoms with Crippen LogP contribution in [-0.2, 0) is 39.5 Å². The van der Waals surface area contributed by atoms with E-state index in [2.05, 4.69) is 20.1 Å². The van der Waals surface area contributed by atoms with Crippen LogP contribution >= 0.6 is 22.9 Å². The number of hydrogen-bond acceptors (Lipinski definition) is 11. The minimum atomic E-state index is -1.70. The molecule has 0 aliphatic carbocycles. The Bertz CT molecular complexity index is 1140. The second-order valence-electron chi connectivity index (χ2n) is 7.29. The van der Waals surface area contributed by atoms with Crippen LogP contribution in [0, 0.1) is 6.92 Å². The summed E-state index contributed by atoms with van der Waals surface area (Å²) in [6.07, 6.45) is -1.00. The van der Waals surface area contributed by atoms with Crippen LogP contribution in [0.25, 0.3) is 0 Å². The van der Waals surface area contributed by atoms with E-state index in [1.807, 2.05) is 0 Å². The zero-order valence-corrected chi connectivity index (χ0v) is 20.8. The third-order valence-corrected chi connectivity index (χ3v) is 7.87. The lowest BCUT2D eigenvalue weighted by Crippen LogP contribution is -2.74. The summed E-state index contributed by atoms with van der Waals surface area (Å²) in [6, 6.07) is -1.26. The second kappa shape index (κ2) is 11.5. The number of hydrogen-bond donors (Lipinski definition) is 2. The first-order valence-corrected chi connectivity index (χ1v) is 12.9. The lowest BCUT2D eigenvalue weighted by Gasteiger charge is -2.49. The van der Waals surface area contributed by atoms with Crippen LogP contribution in [-0.4, -0.2) is 93.0 Å². The summed E-state index contributed by atoms with van der Waals surface area (Å²) in [5, 5.41) is 16.2. The molecule has 2 aliphatic rings. The van der Waals surface area contributed by atoms with Gasteiger partial charge in [-0.1, -0.05) is 12.1 Å². The summed E-state index contributed by atoms with van der Waals surface area (Å²) in [4.78, 5) is 60.1. The van der Waals surface area contributed by atoms with Crippen LogP contribution in [0.1, 0.15) is 24.0 Å². The Balaban J connectivity index is 1.87. The Morgan fingerprint density at radius 3 is 2.77 bits per heavy atom. The number of aryl methyl sites for hydroxylation is 1. The molecule has 183 valence electrons. The van der Waals surface area contributed by atoms with E-state index >= 15 is 0 Å². The van der Waals surface area contributed by atoms with Gasteiger partial charge in [-0.05, 0) is 18.9 Å². The molecule has 0 bridgehead atoms. The lowest BCUT2D eigenvalue weighted by atomic mass is 9.88. The largest absolute Gasteiger partial charge is 0.539 e. The maximum Gasteiger partial charge on any atom is 0.378 e. The van der Waals surface area contributed by atoms with Crippen molar-refractivity contribution in [2.45, 2.75) is 37.8 Å². The minimum absolute atomic E-state index is 0.116. The van der Waals surface area contributed by atoms with Crippen molar-refractivity contribution in [3.8, 4) is 0 Å². The van der Waals surface area contributed by atoms with Crippen molar-refractivity contribution < 1.29 is 37.9 Å². The first-order chi connectivity index (χ1) is 16.7. The summed E-state index contributed by atoms with van der Waals surface area (Å²) < 4.78 is 17.0. The topological polar surface area (TPSA) is 165 Å². The van der Waals surface area contributed by atoms with Gasteiger partial charge in [0.2, 0.25) is 0 Å². The first kappa shape index (κ1) is 27.0. The number of nitrogens with zero attached hydrogens (tertiary/aromatic N) is 3. The smallest absolute Gasteiger partial charge is 0.378 e. The molecule has 3 heterocycles. The molecule has 17 heteroatoms. The van der Waals surface area contributed by atoms with Crippen LogP contribution in [0.2, 0.25) is 0 Å². The zero-order valence-electron chi connectivity index (χ0n) is 18.4. The van der Waals surface area contributed by atoms with Gasteiger partial charge in [-0.2, -0.15) is 0 Å². The number of alkyl halides is 1. The van der Waals surface area contributed by atoms with Crippen molar-refractivity contribution >= 4 is 78.4 Å². The van der Waals surface area contributed by atoms with Gasteiger partial charge >= 0.3 is 21.5 Å². The van der Waals surface area contributed by atoms with E-state index in [1.54, 1.807) is 13.8 Å². The van der Waals surface area contributed by atoms with Gasteiger partial charge < -0.3 is 24.6 Å².